The summed E-state index contributed by atoms with van der Waals surface area (Å²) >= 11 is 5.99. The summed E-state index contributed by atoms with van der Waals surface area (Å²) in [4.78, 5) is 0. The Hall–Kier alpha value is -1.58. The summed E-state index contributed by atoms with van der Waals surface area (Å²) in [5.41, 5.74) is 1.50. The topological polar surface area (TPSA) is 21.3 Å². The fourth-order valence-electron chi connectivity index (χ4n) is 1.85. The Morgan fingerprint density at radius 3 is 2.75 bits per heavy atom. The van der Waals surface area contributed by atoms with Gasteiger partial charge in [-0.3, -0.25) is 0 Å². The molecule has 0 amide bonds. The van der Waals surface area contributed by atoms with Gasteiger partial charge in [-0.05, 0) is 37.2 Å². The third kappa shape index (κ3) is 3.50. The van der Waals surface area contributed by atoms with Crippen LogP contribution in [-0.2, 0) is 6.54 Å². The molecule has 2 aromatic rings. The number of nitrogens with one attached hydrogen (secondary N) is 1. The van der Waals surface area contributed by atoms with Crippen molar-refractivity contribution in [3.8, 4) is 11.5 Å². The minimum atomic E-state index is -0.345. The Morgan fingerprint density at radius 1 is 1.20 bits per heavy atom. The zero-order valence-corrected chi connectivity index (χ0v) is 12.3. The van der Waals surface area contributed by atoms with E-state index in [-0.39, 0.29) is 11.6 Å². The Labute approximate surface area is 123 Å². The number of rotatable bonds is 5. The van der Waals surface area contributed by atoms with Crippen molar-refractivity contribution < 1.29 is 9.13 Å². The second-order valence-corrected chi connectivity index (χ2v) is 4.96. The fourth-order valence-corrected chi connectivity index (χ4v) is 2.01. The summed E-state index contributed by atoms with van der Waals surface area (Å²) < 4.78 is 19.7. The summed E-state index contributed by atoms with van der Waals surface area (Å²) in [5.74, 6) is 0.440. The van der Waals surface area contributed by atoms with Crippen LogP contribution in [0.15, 0.2) is 36.4 Å². The molecule has 20 heavy (non-hydrogen) atoms. The molecule has 2 rings (SSSR count). The number of aryl methyl sites for hydroxylation is 1. The van der Waals surface area contributed by atoms with Crippen LogP contribution in [0.5, 0.6) is 11.5 Å². The van der Waals surface area contributed by atoms with Gasteiger partial charge in [-0.1, -0.05) is 36.7 Å². The summed E-state index contributed by atoms with van der Waals surface area (Å²) in [6.45, 7) is 5.23. The molecular weight excluding hydrogens is 277 g/mol. The predicted molar refractivity (Wildman–Crippen MR) is 80.0 cm³/mol. The Kier molecular flexibility index (Phi) is 4.99. The molecule has 0 fully saturated rings. The smallest absolute Gasteiger partial charge is 0.168 e. The van der Waals surface area contributed by atoms with Gasteiger partial charge in [-0.2, -0.15) is 0 Å². The van der Waals surface area contributed by atoms with E-state index >= 15 is 0 Å². The van der Waals surface area contributed by atoms with Crippen molar-refractivity contribution in [3.05, 3.63) is 58.4 Å². The van der Waals surface area contributed by atoms with Crippen LogP contribution in [0.25, 0.3) is 0 Å². The van der Waals surface area contributed by atoms with E-state index in [4.69, 9.17) is 16.3 Å². The molecule has 0 bridgehead atoms. The zero-order chi connectivity index (χ0) is 14.5. The van der Waals surface area contributed by atoms with Crippen LogP contribution in [0.3, 0.4) is 0 Å². The van der Waals surface area contributed by atoms with E-state index in [1.165, 1.54) is 0 Å². The quantitative estimate of drug-likeness (QED) is 0.863. The zero-order valence-electron chi connectivity index (χ0n) is 11.5. The van der Waals surface area contributed by atoms with Crippen molar-refractivity contribution in [2.75, 3.05) is 6.54 Å². The second kappa shape index (κ2) is 6.73. The number of benzene rings is 2. The fraction of sp³-hybridized carbons (Fsp3) is 0.250. The largest absolute Gasteiger partial charge is 0.454 e. The van der Waals surface area contributed by atoms with Crippen LogP contribution in [0.4, 0.5) is 4.39 Å². The van der Waals surface area contributed by atoms with Gasteiger partial charge in [0.2, 0.25) is 0 Å². The van der Waals surface area contributed by atoms with Crippen molar-refractivity contribution in [3.63, 3.8) is 0 Å². The summed E-state index contributed by atoms with van der Waals surface area (Å²) in [7, 11) is 0. The highest BCUT2D eigenvalue weighted by Gasteiger charge is 2.10. The average Bonchev–Trinajstić information content (AvgIpc) is 2.43. The molecule has 0 spiro atoms. The molecule has 0 aliphatic heterocycles. The normalized spacial score (nSPS) is 10.6. The molecule has 0 atom stereocenters. The van der Waals surface area contributed by atoms with Gasteiger partial charge in [-0.25, -0.2) is 4.39 Å². The van der Waals surface area contributed by atoms with E-state index in [9.17, 15) is 4.39 Å². The number of hydrogen-bond acceptors (Lipinski definition) is 2. The third-order valence-electron chi connectivity index (χ3n) is 2.97. The van der Waals surface area contributed by atoms with Crippen molar-refractivity contribution in [1.29, 1.82) is 0 Å². The average molecular weight is 294 g/mol. The highest BCUT2D eigenvalue weighted by molar-refractivity contribution is 6.30. The van der Waals surface area contributed by atoms with Gasteiger partial charge in [0, 0.05) is 17.1 Å². The Balaban J connectivity index is 2.31. The predicted octanol–water partition coefficient (Wildman–Crippen LogP) is 4.69. The van der Waals surface area contributed by atoms with Crippen molar-refractivity contribution in [1.82, 2.24) is 5.32 Å². The van der Waals surface area contributed by atoms with Crippen LogP contribution >= 0.6 is 11.6 Å². The first-order valence-corrected chi connectivity index (χ1v) is 6.91. The van der Waals surface area contributed by atoms with Crippen LogP contribution in [0.1, 0.15) is 18.1 Å². The van der Waals surface area contributed by atoms with E-state index in [0.717, 1.165) is 12.1 Å². The first kappa shape index (κ1) is 14.8. The maximum absolute atomic E-state index is 14.0. The molecule has 0 unspecified atom stereocenters. The molecule has 4 heteroatoms. The summed E-state index contributed by atoms with van der Waals surface area (Å²) in [5, 5.41) is 3.78. The molecule has 0 radical (unpaired) electrons. The lowest BCUT2D eigenvalue weighted by Gasteiger charge is -2.13. The molecule has 2 nitrogen and oxygen atoms in total. The second-order valence-electron chi connectivity index (χ2n) is 4.52. The van der Waals surface area contributed by atoms with Crippen LogP contribution in [-0.4, -0.2) is 6.54 Å². The first-order chi connectivity index (χ1) is 9.61. The molecule has 0 aliphatic rings. The van der Waals surface area contributed by atoms with Crippen LogP contribution < -0.4 is 10.1 Å². The molecular formula is C16H17ClFNO. The molecule has 2 aromatic carbocycles. The number of ether oxygens (including phenoxy) is 1. The molecule has 0 saturated heterocycles. The summed E-state index contributed by atoms with van der Waals surface area (Å²) in [6.07, 6.45) is 0. The van der Waals surface area contributed by atoms with Crippen LogP contribution in [0, 0.1) is 12.7 Å². The molecule has 106 valence electrons. The first-order valence-electron chi connectivity index (χ1n) is 6.54. The van der Waals surface area contributed by atoms with E-state index in [2.05, 4.69) is 5.32 Å². The molecule has 1 N–H and O–H groups in total. The van der Waals surface area contributed by atoms with Gasteiger partial charge < -0.3 is 10.1 Å². The van der Waals surface area contributed by atoms with Crippen molar-refractivity contribution >= 4 is 11.6 Å². The highest BCUT2D eigenvalue weighted by atomic mass is 35.5. The van der Waals surface area contributed by atoms with Gasteiger partial charge in [0.1, 0.15) is 5.75 Å². The molecule has 0 aliphatic carbocycles. The molecule has 0 heterocycles. The van der Waals surface area contributed by atoms with Crippen molar-refractivity contribution in [2.45, 2.75) is 20.4 Å². The Morgan fingerprint density at radius 2 is 2.00 bits per heavy atom. The minimum absolute atomic E-state index is 0.213. The van der Waals surface area contributed by atoms with Gasteiger partial charge in [0.15, 0.2) is 11.6 Å². The SMILES string of the molecule is CCNCc1ccc(Cl)cc1Oc1cccc(C)c1F. The van der Waals surface area contributed by atoms with E-state index in [0.29, 0.717) is 22.9 Å². The van der Waals surface area contributed by atoms with Crippen LogP contribution in [0.2, 0.25) is 5.02 Å². The molecule has 0 saturated carbocycles. The van der Waals surface area contributed by atoms with Gasteiger partial charge in [0.25, 0.3) is 0 Å². The van der Waals surface area contributed by atoms with Gasteiger partial charge in [-0.15, -0.1) is 0 Å². The van der Waals surface area contributed by atoms with E-state index in [1.54, 1.807) is 37.3 Å². The standard InChI is InChI=1S/C16H17ClFNO/c1-3-19-10-12-7-8-13(17)9-15(12)20-14-6-4-5-11(2)16(14)18/h4-9,19H,3,10H2,1-2H3. The number of halogens is 2. The monoisotopic (exact) mass is 293 g/mol. The third-order valence-corrected chi connectivity index (χ3v) is 3.21. The lowest BCUT2D eigenvalue weighted by Crippen LogP contribution is -2.12. The molecule has 0 aromatic heterocycles. The highest BCUT2D eigenvalue weighted by Crippen LogP contribution is 2.30. The minimum Gasteiger partial charge on any atom is -0.454 e. The number of hydrogen-bond donors (Lipinski definition) is 1. The van der Waals surface area contributed by atoms with Gasteiger partial charge >= 0.3 is 0 Å². The van der Waals surface area contributed by atoms with E-state index < -0.39 is 0 Å². The maximum atomic E-state index is 14.0. The van der Waals surface area contributed by atoms with Crippen molar-refractivity contribution in [2.24, 2.45) is 0 Å². The van der Waals surface area contributed by atoms with Gasteiger partial charge in [0.05, 0.1) is 0 Å². The lowest BCUT2D eigenvalue weighted by molar-refractivity contribution is 0.434. The lowest BCUT2D eigenvalue weighted by atomic mass is 10.2. The van der Waals surface area contributed by atoms with E-state index in [1.807, 2.05) is 13.0 Å². The maximum Gasteiger partial charge on any atom is 0.168 e. The Bertz CT molecular complexity index is 601. The summed E-state index contributed by atoms with van der Waals surface area (Å²) in [6, 6.07) is 10.5.